The molecule has 7 heteroatoms. The Morgan fingerprint density at radius 2 is 2.28 bits per heavy atom. The van der Waals surface area contributed by atoms with Gasteiger partial charge >= 0.3 is 5.97 Å². The molecule has 0 aliphatic carbocycles. The molecule has 0 radical (unpaired) electrons. The smallest absolute Gasteiger partial charge is 0.342 e. The molecule has 1 aromatic rings. The van der Waals surface area contributed by atoms with Gasteiger partial charge in [0.2, 0.25) is 5.95 Å². The van der Waals surface area contributed by atoms with E-state index in [9.17, 15) is 4.79 Å². The highest BCUT2D eigenvalue weighted by molar-refractivity contribution is 7.99. The summed E-state index contributed by atoms with van der Waals surface area (Å²) in [5.74, 6) is 2.21. The van der Waals surface area contributed by atoms with Crippen LogP contribution in [0.3, 0.4) is 0 Å². The molecule has 0 saturated carbocycles. The Kier molecular flexibility index (Phi) is 4.66. The first-order valence-corrected chi connectivity index (χ1v) is 7.28. The molecule has 18 heavy (non-hydrogen) atoms. The first-order valence-electron chi connectivity index (χ1n) is 5.74. The van der Waals surface area contributed by atoms with Gasteiger partial charge in [0.1, 0.15) is 10.7 Å². The second kappa shape index (κ2) is 6.24. The van der Waals surface area contributed by atoms with Crippen molar-refractivity contribution in [3.63, 3.8) is 0 Å². The summed E-state index contributed by atoms with van der Waals surface area (Å²) in [5.41, 5.74) is 0.216. The van der Waals surface area contributed by atoms with E-state index in [1.165, 1.54) is 6.20 Å². The molecule has 1 saturated heterocycles. The number of carbonyl (C=O) groups is 1. The predicted octanol–water partition coefficient (Wildman–Crippen LogP) is 1.86. The largest absolute Gasteiger partial charge is 0.462 e. The number of ether oxygens (including phenoxy) is 1. The average molecular weight is 288 g/mol. The lowest BCUT2D eigenvalue weighted by Crippen LogP contribution is -2.34. The summed E-state index contributed by atoms with van der Waals surface area (Å²) in [6.45, 7) is 3.85. The Bertz CT molecular complexity index is 438. The molecular formula is C11H14ClN3O2S. The average Bonchev–Trinajstić information content (AvgIpc) is 2.40. The van der Waals surface area contributed by atoms with Crippen molar-refractivity contribution >= 4 is 35.3 Å². The van der Waals surface area contributed by atoms with Crippen LogP contribution >= 0.6 is 23.4 Å². The van der Waals surface area contributed by atoms with Crippen LogP contribution in [0.2, 0.25) is 5.15 Å². The Labute approximate surface area is 115 Å². The van der Waals surface area contributed by atoms with Gasteiger partial charge < -0.3 is 9.64 Å². The highest BCUT2D eigenvalue weighted by Gasteiger charge is 2.18. The number of halogens is 1. The fourth-order valence-corrected chi connectivity index (χ4v) is 2.72. The van der Waals surface area contributed by atoms with Gasteiger partial charge in [-0.25, -0.2) is 14.8 Å². The molecule has 1 aromatic heterocycles. The first-order chi connectivity index (χ1) is 8.72. The van der Waals surface area contributed by atoms with Crippen LogP contribution in [0.5, 0.6) is 0 Å². The van der Waals surface area contributed by atoms with Crippen molar-refractivity contribution in [2.24, 2.45) is 0 Å². The van der Waals surface area contributed by atoms with Crippen LogP contribution in [-0.2, 0) is 4.74 Å². The van der Waals surface area contributed by atoms with E-state index in [4.69, 9.17) is 16.3 Å². The minimum Gasteiger partial charge on any atom is -0.462 e. The normalized spacial score (nSPS) is 15.6. The lowest BCUT2D eigenvalue weighted by molar-refractivity contribution is 0.0525. The van der Waals surface area contributed by atoms with E-state index in [0.717, 1.165) is 24.6 Å². The maximum atomic E-state index is 11.5. The zero-order chi connectivity index (χ0) is 13.0. The third-order valence-corrected chi connectivity index (χ3v) is 3.75. The molecular weight excluding hydrogens is 274 g/mol. The third kappa shape index (κ3) is 3.05. The lowest BCUT2D eigenvalue weighted by Gasteiger charge is -2.26. The number of rotatable bonds is 3. The minimum atomic E-state index is -0.483. The molecule has 1 aliphatic heterocycles. The SMILES string of the molecule is CCOC(=O)c1cnc(N2CCSCC2)nc1Cl. The van der Waals surface area contributed by atoms with Crippen LogP contribution in [0, 0.1) is 0 Å². The van der Waals surface area contributed by atoms with Crippen molar-refractivity contribution < 1.29 is 9.53 Å². The number of esters is 1. The van der Waals surface area contributed by atoms with Crippen molar-refractivity contribution in [3.8, 4) is 0 Å². The summed E-state index contributed by atoms with van der Waals surface area (Å²) in [5, 5.41) is 0.150. The van der Waals surface area contributed by atoms with Gasteiger partial charge in [0.25, 0.3) is 0 Å². The number of nitrogens with zero attached hydrogens (tertiary/aromatic N) is 3. The van der Waals surface area contributed by atoms with Crippen molar-refractivity contribution in [3.05, 3.63) is 16.9 Å². The number of anilines is 1. The summed E-state index contributed by atoms with van der Waals surface area (Å²) in [7, 11) is 0. The van der Waals surface area contributed by atoms with Crippen LogP contribution in [0.15, 0.2) is 6.20 Å². The Morgan fingerprint density at radius 1 is 1.56 bits per heavy atom. The predicted molar refractivity (Wildman–Crippen MR) is 72.5 cm³/mol. The molecule has 98 valence electrons. The molecule has 0 N–H and O–H groups in total. The van der Waals surface area contributed by atoms with Crippen LogP contribution in [0.1, 0.15) is 17.3 Å². The maximum absolute atomic E-state index is 11.5. The van der Waals surface area contributed by atoms with Crippen molar-refractivity contribution in [1.29, 1.82) is 0 Å². The first kappa shape index (κ1) is 13.4. The molecule has 0 unspecified atom stereocenters. The van der Waals surface area contributed by atoms with Gasteiger partial charge in [-0.2, -0.15) is 11.8 Å². The number of carbonyl (C=O) groups excluding carboxylic acids is 1. The Hall–Kier alpha value is -1.01. The van der Waals surface area contributed by atoms with E-state index in [1.807, 2.05) is 11.8 Å². The van der Waals surface area contributed by atoms with Crippen LogP contribution in [0.25, 0.3) is 0 Å². The van der Waals surface area contributed by atoms with E-state index >= 15 is 0 Å². The molecule has 0 bridgehead atoms. The zero-order valence-electron chi connectivity index (χ0n) is 10.1. The van der Waals surface area contributed by atoms with E-state index in [1.54, 1.807) is 6.92 Å². The van der Waals surface area contributed by atoms with E-state index in [2.05, 4.69) is 14.9 Å². The molecule has 1 aliphatic rings. The number of hydrogen-bond acceptors (Lipinski definition) is 6. The standard InChI is InChI=1S/C11H14ClN3O2S/c1-2-17-10(16)8-7-13-11(14-9(8)12)15-3-5-18-6-4-15/h7H,2-6H2,1H3. The molecule has 0 atom stereocenters. The highest BCUT2D eigenvalue weighted by Crippen LogP contribution is 2.20. The second-order valence-electron chi connectivity index (χ2n) is 3.69. The van der Waals surface area contributed by atoms with Gasteiger partial charge in [-0.1, -0.05) is 11.6 Å². The topological polar surface area (TPSA) is 55.3 Å². The second-order valence-corrected chi connectivity index (χ2v) is 5.28. The Balaban J connectivity index is 2.16. The van der Waals surface area contributed by atoms with Crippen LogP contribution < -0.4 is 4.90 Å². The summed E-state index contributed by atoms with van der Waals surface area (Å²) >= 11 is 7.90. The fourth-order valence-electron chi connectivity index (χ4n) is 1.61. The van der Waals surface area contributed by atoms with Gasteiger partial charge in [0, 0.05) is 30.8 Å². The number of hydrogen-bond donors (Lipinski definition) is 0. The molecule has 0 amide bonds. The molecule has 2 rings (SSSR count). The summed E-state index contributed by atoms with van der Waals surface area (Å²) in [6.07, 6.45) is 1.43. The van der Waals surface area contributed by atoms with Crippen molar-refractivity contribution in [2.45, 2.75) is 6.92 Å². The van der Waals surface area contributed by atoms with E-state index in [-0.39, 0.29) is 10.7 Å². The van der Waals surface area contributed by atoms with Crippen molar-refractivity contribution in [1.82, 2.24) is 9.97 Å². The summed E-state index contributed by atoms with van der Waals surface area (Å²) < 4.78 is 4.87. The quantitative estimate of drug-likeness (QED) is 0.625. The number of aromatic nitrogens is 2. The maximum Gasteiger partial charge on any atom is 0.342 e. The monoisotopic (exact) mass is 287 g/mol. The van der Waals surface area contributed by atoms with Gasteiger partial charge in [-0.3, -0.25) is 0 Å². The van der Waals surface area contributed by atoms with Crippen LogP contribution in [0.4, 0.5) is 5.95 Å². The van der Waals surface area contributed by atoms with Gasteiger partial charge in [-0.15, -0.1) is 0 Å². The van der Waals surface area contributed by atoms with Gasteiger partial charge in [0.15, 0.2) is 0 Å². The molecule has 2 heterocycles. The fraction of sp³-hybridized carbons (Fsp3) is 0.545. The van der Waals surface area contributed by atoms with E-state index < -0.39 is 5.97 Å². The summed E-state index contributed by atoms with van der Waals surface area (Å²) in [6, 6.07) is 0. The minimum absolute atomic E-state index is 0.150. The molecule has 1 fully saturated rings. The zero-order valence-corrected chi connectivity index (χ0v) is 11.6. The van der Waals surface area contributed by atoms with E-state index in [0.29, 0.717) is 12.6 Å². The van der Waals surface area contributed by atoms with Gasteiger partial charge in [0.05, 0.1) is 6.61 Å². The van der Waals surface area contributed by atoms with Crippen LogP contribution in [-0.4, -0.2) is 47.1 Å². The lowest BCUT2D eigenvalue weighted by atomic mass is 10.3. The molecule has 0 spiro atoms. The Morgan fingerprint density at radius 3 is 2.89 bits per heavy atom. The third-order valence-electron chi connectivity index (χ3n) is 2.52. The van der Waals surface area contributed by atoms with Gasteiger partial charge in [-0.05, 0) is 6.92 Å². The highest BCUT2D eigenvalue weighted by atomic mass is 35.5. The molecule has 0 aromatic carbocycles. The summed E-state index contributed by atoms with van der Waals surface area (Å²) in [4.78, 5) is 22.0. The molecule has 5 nitrogen and oxygen atoms in total. The van der Waals surface area contributed by atoms with Crippen molar-refractivity contribution in [2.75, 3.05) is 36.1 Å². The number of thioether (sulfide) groups is 1.